The molecule has 1 aliphatic carbocycles. The lowest BCUT2D eigenvalue weighted by Crippen LogP contribution is -2.45. The molecule has 17 heavy (non-hydrogen) atoms. The molecule has 2 N–H and O–H groups in total. The van der Waals surface area contributed by atoms with Crippen LogP contribution in [0, 0.1) is 0 Å². The third-order valence-corrected chi connectivity index (χ3v) is 5.12. The average molecular weight is 256 g/mol. The Bertz CT molecular complexity index is 254. The summed E-state index contributed by atoms with van der Waals surface area (Å²) in [6, 6.07) is 0.832. The monoisotopic (exact) mass is 256 g/mol. The van der Waals surface area contributed by atoms with Crippen LogP contribution in [0.3, 0.4) is 0 Å². The molecule has 0 radical (unpaired) electrons. The summed E-state index contributed by atoms with van der Waals surface area (Å²) < 4.78 is 0. The van der Waals surface area contributed by atoms with Crippen molar-refractivity contribution in [2.75, 3.05) is 12.8 Å². The number of carbonyl (C=O) groups is 1. The molecule has 0 spiro atoms. The van der Waals surface area contributed by atoms with Gasteiger partial charge in [0.2, 0.25) is 5.91 Å². The van der Waals surface area contributed by atoms with Crippen LogP contribution in [0.4, 0.5) is 0 Å². The molecule has 2 rings (SSSR count). The minimum atomic E-state index is 0.246. The maximum Gasteiger partial charge on any atom is 0.221 e. The molecule has 2 fully saturated rings. The molecule has 1 aliphatic heterocycles. The molecule has 1 amide bonds. The normalized spacial score (nSPS) is 33.6. The summed E-state index contributed by atoms with van der Waals surface area (Å²) in [5.74, 6) is 0.246. The molecule has 0 aromatic rings. The third-order valence-electron chi connectivity index (χ3n) is 3.95. The minimum Gasteiger partial charge on any atom is -0.352 e. The largest absolute Gasteiger partial charge is 0.352 e. The number of hydrogen-bond donors (Lipinski definition) is 2. The van der Waals surface area contributed by atoms with Crippen molar-refractivity contribution >= 4 is 17.7 Å². The van der Waals surface area contributed by atoms with Gasteiger partial charge >= 0.3 is 0 Å². The van der Waals surface area contributed by atoms with Crippen molar-refractivity contribution in [3.05, 3.63) is 0 Å². The first kappa shape index (κ1) is 13.2. The Morgan fingerprint density at radius 1 is 1.29 bits per heavy atom. The fourth-order valence-electron chi connectivity index (χ4n) is 2.96. The van der Waals surface area contributed by atoms with Crippen LogP contribution in [0.15, 0.2) is 0 Å². The van der Waals surface area contributed by atoms with Crippen LogP contribution < -0.4 is 10.6 Å². The molecule has 0 aromatic carbocycles. The van der Waals surface area contributed by atoms with Gasteiger partial charge in [-0.15, -0.1) is 0 Å². The Hall–Kier alpha value is -0.220. The molecule has 0 bridgehead atoms. The number of nitrogens with one attached hydrogen (secondary N) is 2. The summed E-state index contributed by atoms with van der Waals surface area (Å²) in [5, 5.41) is 7.26. The fourth-order valence-corrected chi connectivity index (χ4v) is 3.90. The maximum atomic E-state index is 12.0. The third kappa shape index (κ3) is 3.88. The summed E-state index contributed by atoms with van der Waals surface area (Å²) >= 11 is 1.91. The van der Waals surface area contributed by atoms with Crippen molar-refractivity contribution in [2.24, 2.45) is 0 Å². The zero-order valence-electron chi connectivity index (χ0n) is 10.7. The molecule has 1 saturated carbocycles. The second-order valence-corrected chi connectivity index (χ2v) is 6.31. The van der Waals surface area contributed by atoms with E-state index in [2.05, 4.69) is 16.9 Å². The Morgan fingerprint density at radius 2 is 2.12 bits per heavy atom. The molecule has 3 nitrogen and oxygen atoms in total. The molecule has 98 valence electrons. The SMILES string of the molecule is CSC1CCCCC1NC(=O)CC1CCCN1. The fraction of sp³-hybridized carbons (Fsp3) is 0.923. The molecule has 4 heteroatoms. The van der Waals surface area contributed by atoms with E-state index in [4.69, 9.17) is 0 Å². The summed E-state index contributed by atoms with van der Waals surface area (Å²) in [6.07, 6.45) is 10.2. The molecular weight excluding hydrogens is 232 g/mol. The van der Waals surface area contributed by atoms with Crippen LogP contribution in [0.5, 0.6) is 0 Å². The molecule has 1 heterocycles. The Kier molecular flexibility index (Phi) is 5.16. The van der Waals surface area contributed by atoms with Gasteiger partial charge in [-0.05, 0) is 38.5 Å². The molecule has 0 aromatic heterocycles. The van der Waals surface area contributed by atoms with Crippen molar-refractivity contribution < 1.29 is 4.79 Å². The average Bonchev–Trinajstić information content (AvgIpc) is 2.82. The van der Waals surface area contributed by atoms with Gasteiger partial charge in [-0.25, -0.2) is 0 Å². The van der Waals surface area contributed by atoms with Crippen LogP contribution in [-0.2, 0) is 4.79 Å². The highest BCUT2D eigenvalue weighted by molar-refractivity contribution is 7.99. The molecule has 2 aliphatic rings. The Morgan fingerprint density at radius 3 is 2.82 bits per heavy atom. The van der Waals surface area contributed by atoms with E-state index in [9.17, 15) is 4.79 Å². The highest BCUT2D eigenvalue weighted by Crippen LogP contribution is 2.27. The Balaban J connectivity index is 1.75. The van der Waals surface area contributed by atoms with Gasteiger partial charge in [-0.1, -0.05) is 12.8 Å². The first-order valence-electron chi connectivity index (χ1n) is 6.85. The number of amides is 1. The van der Waals surface area contributed by atoms with Crippen molar-refractivity contribution in [1.82, 2.24) is 10.6 Å². The molecular formula is C13H24N2OS. The van der Waals surface area contributed by atoms with E-state index >= 15 is 0 Å². The lowest BCUT2D eigenvalue weighted by molar-refractivity contribution is -0.122. The Labute approximate surface area is 108 Å². The van der Waals surface area contributed by atoms with E-state index in [0.29, 0.717) is 23.8 Å². The number of carbonyl (C=O) groups excluding carboxylic acids is 1. The standard InChI is InChI=1S/C13H24N2OS/c1-17-12-7-3-2-6-11(12)15-13(16)9-10-5-4-8-14-10/h10-12,14H,2-9H2,1H3,(H,15,16). The lowest BCUT2D eigenvalue weighted by Gasteiger charge is -2.31. The highest BCUT2D eigenvalue weighted by atomic mass is 32.2. The van der Waals surface area contributed by atoms with Crippen molar-refractivity contribution in [3.8, 4) is 0 Å². The van der Waals surface area contributed by atoms with Gasteiger partial charge in [0.15, 0.2) is 0 Å². The van der Waals surface area contributed by atoms with Crippen molar-refractivity contribution in [3.63, 3.8) is 0 Å². The zero-order chi connectivity index (χ0) is 12.1. The number of thioether (sulfide) groups is 1. The van der Waals surface area contributed by atoms with Gasteiger partial charge in [-0.2, -0.15) is 11.8 Å². The first-order valence-corrected chi connectivity index (χ1v) is 8.14. The van der Waals surface area contributed by atoms with E-state index in [-0.39, 0.29) is 5.91 Å². The maximum absolute atomic E-state index is 12.0. The van der Waals surface area contributed by atoms with E-state index in [1.807, 2.05) is 11.8 Å². The quantitative estimate of drug-likeness (QED) is 0.807. The second kappa shape index (κ2) is 6.64. The van der Waals surface area contributed by atoms with Gasteiger partial charge in [0, 0.05) is 23.8 Å². The van der Waals surface area contributed by atoms with E-state index in [1.165, 1.54) is 25.7 Å². The van der Waals surface area contributed by atoms with Gasteiger partial charge in [0.05, 0.1) is 0 Å². The van der Waals surface area contributed by atoms with Crippen LogP contribution >= 0.6 is 11.8 Å². The molecule has 1 saturated heterocycles. The first-order chi connectivity index (χ1) is 8.29. The van der Waals surface area contributed by atoms with E-state index in [1.54, 1.807) is 0 Å². The van der Waals surface area contributed by atoms with Gasteiger partial charge in [-0.3, -0.25) is 4.79 Å². The highest BCUT2D eigenvalue weighted by Gasteiger charge is 2.26. The smallest absolute Gasteiger partial charge is 0.221 e. The summed E-state index contributed by atoms with van der Waals surface area (Å²) in [6.45, 7) is 1.08. The second-order valence-electron chi connectivity index (χ2n) is 5.23. The van der Waals surface area contributed by atoms with E-state index in [0.717, 1.165) is 19.4 Å². The number of rotatable bonds is 4. The molecule has 3 atom stereocenters. The van der Waals surface area contributed by atoms with Gasteiger partial charge in [0.1, 0.15) is 0 Å². The summed E-state index contributed by atoms with van der Waals surface area (Å²) in [5.41, 5.74) is 0. The van der Waals surface area contributed by atoms with Crippen LogP contribution in [0.2, 0.25) is 0 Å². The van der Waals surface area contributed by atoms with Crippen molar-refractivity contribution in [2.45, 2.75) is 62.3 Å². The van der Waals surface area contributed by atoms with Gasteiger partial charge in [0.25, 0.3) is 0 Å². The van der Waals surface area contributed by atoms with Crippen LogP contribution in [0.25, 0.3) is 0 Å². The topological polar surface area (TPSA) is 41.1 Å². The summed E-state index contributed by atoms with van der Waals surface area (Å²) in [7, 11) is 0. The molecule has 3 unspecified atom stereocenters. The summed E-state index contributed by atoms with van der Waals surface area (Å²) in [4.78, 5) is 12.0. The zero-order valence-corrected chi connectivity index (χ0v) is 11.5. The van der Waals surface area contributed by atoms with Crippen molar-refractivity contribution in [1.29, 1.82) is 0 Å². The van der Waals surface area contributed by atoms with Crippen LogP contribution in [0.1, 0.15) is 44.9 Å². The minimum absolute atomic E-state index is 0.246. The van der Waals surface area contributed by atoms with Gasteiger partial charge < -0.3 is 10.6 Å². The number of hydrogen-bond acceptors (Lipinski definition) is 3. The van der Waals surface area contributed by atoms with Crippen LogP contribution in [-0.4, -0.2) is 36.0 Å². The van der Waals surface area contributed by atoms with E-state index < -0.39 is 0 Å². The lowest BCUT2D eigenvalue weighted by atomic mass is 9.94. The predicted octanol–water partition coefficient (Wildman–Crippen LogP) is 1.92. The predicted molar refractivity (Wildman–Crippen MR) is 73.3 cm³/mol.